The van der Waals surface area contributed by atoms with Crippen molar-refractivity contribution in [2.75, 3.05) is 20.3 Å². The predicted molar refractivity (Wildman–Crippen MR) is 74.4 cm³/mol. The number of hydrogen-bond acceptors (Lipinski definition) is 4. The van der Waals surface area contributed by atoms with E-state index in [2.05, 4.69) is 6.92 Å². The molecule has 0 fully saturated rings. The Balaban J connectivity index is 2.67. The van der Waals surface area contributed by atoms with Crippen molar-refractivity contribution in [3.8, 4) is 11.5 Å². The van der Waals surface area contributed by atoms with E-state index in [1.54, 1.807) is 13.2 Å². The van der Waals surface area contributed by atoms with Gasteiger partial charge in [-0.2, -0.15) is 0 Å². The lowest BCUT2D eigenvalue weighted by Gasteiger charge is -2.10. The van der Waals surface area contributed by atoms with Crippen molar-refractivity contribution >= 4 is 12.0 Å². The molecule has 0 aromatic heterocycles. The Morgan fingerprint density at radius 1 is 1.32 bits per heavy atom. The maximum Gasteiger partial charge on any atom is 0.302 e. The summed E-state index contributed by atoms with van der Waals surface area (Å²) in [5.74, 6) is 1.15. The van der Waals surface area contributed by atoms with Gasteiger partial charge in [0.05, 0.1) is 13.7 Å². The van der Waals surface area contributed by atoms with Gasteiger partial charge in [-0.05, 0) is 30.2 Å². The number of esters is 1. The van der Waals surface area contributed by atoms with E-state index in [0.29, 0.717) is 12.4 Å². The highest BCUT2D eigenvalue weighted by Gasteiger charge is 2.04. The third-order valence-corrected chi connectivity index (χ3v) is 2.34. The molecule has 0 aliphatic rings. The molecule has 104 valence electrons. The highest BCUT2D eigenvalue weighted by Crippen LogP contribution is 2.28. The molecular weight excluding hydrogens is 244 g/mol. The fraction of sp³-hybridized carbons (Fsp3) is 0.400. The zero-order valence-corrected chi connectivity index (χ0v) is 11.6. The molecule has 0 saturated heterocycles. The van der Waals surface area contributed by atoms with E-state index in [1.807, 2.05) is 24.3 Å². The number of ether oxygens (including phenoxy) is 3. The van der Waals surface area contributed by atoms with E-state index in [1.165, 1.54) is 6.92 Å². The van der Waals surface area contributed by atoms with Crippen LogP contribution in [0.4, 0.5) is 0 Å². The molecule has 0 atom stereocenters. The molecular formula is C15H20O4. The number of carbonyl (C=O) groups is 1. The quantitative estimate of drug-likeness (QED) is 0.710. The van der Waals surface area contributed by atoms with Crippen molar-refractivity contribution < 1.29 is 19.0 Å². The van der Waals surface area contributed by atoms with Crippen LogP contribution in [0.15, 0.2) is 24.3 Å². The highest BCUT2D eigenvalue weighted by molar-refractivity contribution is 5.66. The van der Waals surface area contributed by atoms with Gasteiger partial charge in [-0.25, -0.2) is 0 Å². The molecule has 4 heteroatoms. The van der Waals surface area contributed by atoms with Gasteiger partial charge in [0.25, 0.3) is 0 Å². The van der Waals surface area contributed by atoms with Crippen LogP contribution in [-0.2, 0) is 9.53 Å². The van der Waals surface area contributed by atoms with Crippen molar-refractivity contribution in [1.82, 2.24) is 0 Å². The average Bonchev–Trinajstić information content (AvgIpc) is 2.41. The number of benzene rings is 1. The third kappa shape index (κ3) is 5.46. The largest absolute Gasteiger partial charge is 0.493 e. The zero-order valence-electron chi connectivity index (χ0n) is 11.6. The third-order valence-electron chi connectivity index (χ3n) is 2.34. The summed E-state index contributed by atoms with van der Waals surface area (Å²) < 4.78 is 15.7. The predicted octanol–water partition coefficient (Wildman–Crippen LogP) is 3.06. The van der Waals surface area contributed by atoms with Crippen LogP contribution in [0.1, 0.15) is 25.8 Å². The molecule has 0 aliphatic carbocycles. The molecule has 1 aromatic carbocycles. The fourth-order valence-corrected chi connectivity index (χ4v) is 1.47. The smallest absolute Gasteiger partial charge is 0.302 e. The second-order valence-corrected chi connectivity index (χ2v) is 3.96. The van der Waals surface area contributed by atoms with Crippen LogP contribution in [0.2, 0.25) is 0 Å². The minimum Gasteiger partial charge on any atom is -0.493 e. The van der Waals surface area contributed by atoms with E-state index in [9.17, 15) is 4.79 Å². The number of carbonyl (C=O) groups excluding carboxylic acids is 1. The minimum atomic E-state index is -0.287. The second-order valence-electron chi connectivity index (χ2n) is 3.96. The molecule has 0 amide bonds. The Bertz CT molecular complexity index is 438. The standard InChI is InChI=1S/C15H20O4/c1-4-9-19-14-8-7-13(11-15(14)17-3)6-5-10-18-12(2)16/h5-8,11H,4,9-10H2,1-3H3/b6-5+. The Morgan fingerprint density at radius 2 is 2.11 bits per heavy atom. The molecule has 0 N–H and O–H groups in total. The van der Waals surface area contributed by atoms with Crippen LogP contribution >= 0.6 is 0 Å². The topological polar surface area (TPSA) is 44.8 Å². The van der Waals surface area contributed by atoms with Gasteiger partial charge in [0, 0.05) is 6.92 Å². The normalized spacial score (nSPS) is 10.5. The van der Waals surface area contributed by atoms with Gasteiger partial charge in [0.1, 0.15) is 6.61 Å². The molecule has 19 heavy (non-hydrogen) atoms. The second kappa shape index (κ2) is 8.19. The molecule has 4 nitrogen and oxygen atoms in total. The highest BCUT2D eigenvalue weighted by atomic mass is 16.5. The average molecular weight is 264 g/mol. The molecule has 0 saturated carbocycles. The molecule has 0 spiro atoms. The van der Waals surface area contributed by atoms with Gasteiger partial charge in [-0.1, -0.05) is 19.1 Å². The van der Waals surface area contributed by atoms with Crippen LogP contribution in [0.5, 0.6) is 11.5 Å². The first-order valence-electron chi connectivity index (χ1n) is 6.28. The summed E-state index contributed by atoms with van der Waals surface area (Å²) in [5.41, 5.74) is 0.966. The first-order valence-corrected chi connectivity index (χ1v) is 6.28. The summed E-state index contributed by atoms with van der Waals surface area (Å²) in [6.45, 7) is 4.37. The van der Waals surface area contributed by atoms with Gasteiger partial charge in [-0.15, -0.1) is 0 Å². The summed E-state index contributed by atoms with van der Waals surface area (Å²) in [5, 5.41) is 0. The maximum atomic E-state index is 10.6. The van der Waals surface area contributed by atoms with Crippen LogP contribution in [-0.4, -0.2) is 26.3 Å². The van der Waals surface area contributed by atoms with Gasteiger partial charge < -0.3 is 14.2 Å². The molecule has 1 rings (SSSR count). The monoisotopic (exact) mass is 264 g/mol. The molecule has 0 unspecified atom stereocenters. The van der Waals surface area contributed by atoms with Crippen molar-refractivity contribution in [3.05, 3.63) is 29.8 Å². The number of rotatable bonds is 7. The number of hydrogen-bond donors (Lipinski definition) is 0. The summed E-state index contributed by atoms with van der Waals surface area (Å²) in [6.07, 6.45) is 4.60. The van der Waals surface area contributed by atoms with Gasteiger partial charge >= 0.3 is 5.97 Å². The van der Waals surface area contributed by atoms with Crippen LogP contribution in [0, 0.1) is 0 Å². The van der Waals surface area contributed by atoms with Gasteiger partial charge in [0.15, 0.2) is 11.5 Å². The lowest BCUT2D eigenvalue weighted by atomic mass is 10.2. The lowest BCUT2D eigenvalue weighted by molar-refractivity contribution is -0.139. The van der Waals surface area contributed by atoms with Crippen LogP contribution in [0.25, 0.3) is 6.08 Å². The van der Waals surface area contributed by atoms with E-state index >= 15 is 0 Å². The first-order chi connectivity index (χ1) is 9.17. The summed E-state index contributed by atoms with van der Waals surface area (Å²) in [7, 11) is 1.61. The SMILES string of the molecule is CCCOc1ccc(/C=C/COC(C)=O)cc1OC. The van der Waals surface area contributed by atoms with E-state index in [0.717, 1.165) is 17.7 Å². The summed E-state index contributed by atoms with van der Waals surface area (Å²) >= 11 is 0. The molecule has 0 radical (unpaired) electrons. The zero-order chi connectivity index (χ0) is 14.1. The van der Waals surface area contributed by atoms with Gasteiger partial charge in [-0.3, -0.25) is 4.79 Å². The Morgan fingerprint density at radius 3 is 2.74 bits per heavy atom. The van der Waals surface area contributed by atoms with Crippen molar-refractivity contribution in [2.45, 2.75) is 20.3 Å². The van der Waals surface area contributed by atoms with E-state index in [4.69, 9.17) is 14.2 Å². The van der Waals surface area contributed by atoms with Crippen LogP contribution in [0.3, 0.4) is 0 Å². The first kappa shape index (κ1) is 15.1. The molecule has 1 aromatic rings. The number of methoxy groups -OCH3 is 1. The van der Waals surface area contributed by atoms with Gasteiger partial charge in [0.2, 0.25) is 0 Å². The summed E-state index contributed by atoms with van der Waals surface area (Å²) in [6, 6.07) is 5.69. The van der Waals surface area contributed by atoms with Crippen molar-refractivity contribution in [3.63, 3.8) is 0 Å². The molecule has 0 heterocycles. The Kier molecular flexibility index (Phi) is 6.50. The van der Waals surface area contributed by atoms with Crippen LogP contribution < -0.4 is 9.47 Å². The molecule has 0 bridgehead atoms. The Hall–Kier alpha value is -1.97. The summed E-state index contributed by atoms with van der Waals surface area (Å²) in [4.78, 5) is 10.6. The van der Waals surface area contributed by atoms with Crippen molar-refractivity contribution in [1.29, 1.82) is 0 Å². The molecule has 0 aliphatic heterocycles. The minimum absolute atomic E-state index is 0.270. The fourth-order valence-electron chi connectivity index (χ4n) is 1.47. The van der Waals surface area contributed by atoms with E-state index < -0.39 is 0 Å². The lowest BCUT2D eigenvalue weighted by Crippen LogP contribution is -1.98. The van der Waals surface area contributed by atoms with Crippen molar-refractivity contribution in [2.24, 2.45) is 0 Å². The Labute approximate surface area is 114 Å². The maximum absolute atomic E-state index is 10.6. The van der Waals surface area contributed by atoms with E-state index in [-0.39, 0.29) is 12.6 Å².